The van der Waals surface area contributed by atoms with Gasteiger partial charge in [0.1, 0.15) is 0 Å². The molecule has 0 amide bonds. The molecule has 1 N–H and O–H groups in total. The molecular weight excluding hydrogens is 312 g/mol. The lowest BCUT2D eigenvalue weighted by Gasteiger charge is -2.37. The number of fused-ring (bicyclic) bond motifs is 3. The van der Waals surface area contributed by atoms with Crippen molar-refractivity contribution in [1.29, 1.82) is 0 Å². The zero-order valence-corrected chi connectivity index (χ0v) is 13.0. The Morgan fingerprint density at radius 3 is 2.83 bits per heavy atom. The molecule has 4 nitrogen and oxygen atoms in total. The van der Waals surface area contributed by atoms with E-state index in [4.69, 9.17) is 11.6 Å². The highest BCUT2D eigenvalue weighted by molar-refractivity contribution is 6.30. The zero-order chi connectivity index (χ0) is 16.0. The third-order valence-electron chi connectivity index (χ3n) is 4.79. The van der Waals surface area contributed by atoms with Crippen LogP contribution in [0.3, 0.4) is 0 Å². The Morgan fingerprint density at radius 2 is 2.00 bits per heavy atom. The van der Waals surface area contributed by atoms with Crippen molar-refractivity contribution in [2.45, 2.75) is 18.4 Å². The summed E-state index contributed by atoms with van der Waals surface area (Å²) in [5, 5.41) is 15.6. The molecule has 3 atom stereocenters. The summed E-state index contributed by atoms with van der Waals surface area (Å²) in [5.74, 6) is 0.511. The van der Waals surface area contributed by atoms with Crippen molar-refractivity contribution >= 4 is 23.0 Å². The van der Waals surface area contributed by atoms with Crippen molar-refractivity contribution in [2.75, 3.05) is 5.32 Å². The topological polar surface area (TPSA) is 55.2 Å². The lowest BCUT2D eigenvalue weighted by atomic mass is 9.76. The van der Waals surface area contributed by atoms with Crippen LogP contribution in [0.25, 0.3) is 0 Å². The van der Waals surface area contributed by atoms with E-state index < -0.39 is 0 Å². The van der Waals surface area contributed by atoms with Gasteiger partial charge in [0, 0.05) is 22.7 Å². The van der Waals surface area contributed by atoms with Gasteiger partial charge in [-0.25, -0.2) is 0 Å². The maximum Gasteiger partial charge on any atom is 0.274 e. The van der Waals surface area contributed by atoms with Gasteiger partial charge in [0.05, 0.1) is 16.5 Å². The number of hydrogen-bond donors (Lipinski definition) is 1. The van der Waals surface area contributed by atoms with Crippen LogP contribution in [-0.2, 0) is 0 Å². The van der Waals surface area contributed by atoms with Crippen molar-refractivity contribution in [3.8, 4) is 0 Å². The van der Waals surface area contributed by atoms with Crippen LogP contribution in [0, 0.1) is 16.0 Å². The molecule has 116 valence electrons. The quantitative estimate of drug-likeness (QED) is 0.476. The molecule has 1 aliphatic heterocycles. The summed E-state index contributed by atoms with van der Waals surface area (Å²) in [6.07, 6.45) is 5.26. The summed E-state index contributed by atoms with van der Waals surface area (Å²) < 4.78 is 0. The van der Waals surface area contributed by atoms with Gasteiger partial charge in [-0.3, -0.25) is 10.1 Å². The predicted octanol–water partition coefficient (Wildman–Crippen LogP) is 5.07. The monoisotopic (exact) mass is 326 g/mol. The minimum atomic E-state index is -0.300. The Bertz CT molecular complexity index is 818. The second-order valence-corrected chi connectivity index (χ2v) is 6.46. The third kappa shape index (κ3) is 2.30. The standard InChI is InChI=1S/C18H15ClN2O2/c19-11-8-9-16-15(10-11)12-5-3-6-13(12)18(20-16)14-4-1-2-7-17(14)21(22)23/h1-5,7-10,12-13,18,20H,6H2/t12-,13+,18+/m1/s1. The summed E-state index contributed by atoms with van der Waals surface area (Å²) in [6, 6.07) is 12.7. The second kappa shape index (κ2) is 5.39. The molecule has 0 saturated carbocycles. The van der Waals surface area contributed by atoms with Gasteiger partial charge in [-0.05, 0) is 36.1 Å². The molecule has 0 bridgehead atoms. The number of allylic oxidation sites excluding steroid dienone is 2. The van der Waals surface area contributed by atoms with Gasteiger partial charge in [-0.1, -0.05) is 42.0 Å². The Hall–Kier alpha value is -2.33. The lowest BCUT2D eigenvalue weighted by molar-refractivity contribution is -0.385. The average Bonchev–Trinajstić information content (AvgIpc) is 3.04. The smallest absolute Gasteiger partial charge is 0.274 e. The van der Waals surface area contributed by atoms with Crippen LogP contribution >= 0.6 is 11.6 Å². The van der Waals surface area contributed by atoms with E-state index in [1.54, 1.807) is 12.1 Å². The molecule has 1 aliphatic carbocycles. The Morgan fingerprint density at radius 1 is 1.17 bits per heavy atom. The first-order valence-electron chi connectivity index (χ1n) is 7.61. The number of nitrogens with one attached hydrogen (secondary N) is 1. The minimum Gasteiger partial charge on any atom is -0.377 e. The van der Waals surface area contributed by atoms with Gasteiger partial charge in [0.25, 0.3) is 5.69 Å². The molecular formula is C18H15ClN2O2. The Labute approximate surface area is 138 Å². The highest BCUT2D eigenvalue weighted by Gasteiger charge is 2.40. The number of nitrogens with zero attached hydrogens (tertiary/aromatic N) is 1. The molecule has 0 unspecified atom stereocenters. The number of nitro groups is 1. The summed E-state index contributed by atoms with van der Waals surface area (Å²) in [7, 11) is 0. The molecule has 1 heterocycles. The van der Waals surface area contributed by atoms with E-state index in [0.717, 1.165) is 17.7 Å². The SMILES string of the molecule is O=[N+]([O-])c1ccccc1[C@H]1Nc2ccc(Cl)cc2[C@@H]2C=CC[C@H]12. The summed E-state index contributed by atoms with van der Waals surface area (Å²) in [5.41, 5.74) is 3.10. The highest BCUT2D eigenvalue weighted by atomic mass is 35.5. The van der Waals surface area contributed by atoms with Crippen LogP contribution in [0.15, 0.2) is 54.6 Å². The van der Waals surface area contributed by atoms with E-state index in [9.17, 15) is 10.1 Å². The number of benzene rings is 2. The minimum absolute atomic E-state index is 0.0784. The van der Waals surface area contributed by atoms with Crippen LogP contribution in [-0.4, -0.2) is 4.92 Å². The third-order valence-corrected chi connectivity index (χ3v) is 5.03. The molecule has 0 aromatic heterocycles. The van der Waals surface area contributed by atoms with Crippen molar-refractivity contribution in [1.82, 2.24) is 0 Å². The van der Waals surface area contributed by atoms with Crippen LogP contribution in [0.4, 0.5) is 11.4 Å². The lowest BCUT2D eigenvalue weighted by Crippen LogP contribution is -2.29. The van der Waals surface area contributed by atoms with Gasteiger partial charge in [-0.15, -0.1) is 0 Å². The van der Waals surface area contributed by atoms with Crippen molar-refractivity contribution < 1.29 is 4.92 Å². The fraction of sp³-hybridized carbons (Fsp3) is 0.222. The van der Waals surface area contributed by atoms with Gasteiger partial charge in [0.15, 0.2) is 0 Å². The van der Waals surface area contributed by atoms with E-state index in [-0.39, 0.29) is 28.5 Å². The molecule has 0 spiro atoms. The van der Waals surface area contributed by atoms with Crippen LogP contribution in [0.1, 0.15) is 29.5 Å². The molecule has 0 saturated heterocycles. The van der Waals surface area contributed by atoms with E-state index in [1.165, 1.54) is 5.56 Å². The molecule has 2 aromatic rings. The average molecular weight is 327 g/mol. The van der Waals surface area contributed by atoms with E-state index >= 15 is 0 Å². The molecule has 0 fully saturated rings. The largest absolute Gasteiger partial charge is 0.377 e. The van der Waals surface area contributed by atoms with Crippen LogP contribution in [0.2, 0.25) is 5.02 Å². The number of para-hydroxylation sites is 1. The fourth-order valence-corrected chi connectivity index (χ4v) is 3.97. The van der Waals surface area contributed by atoms with E-state index in [0.29, 0.717) is 5.02 Å². The number of hydrogen-bond acceptors (Lipinski definition) is 3. The van der Waals surface area contributed by atoms with Gasteiger partial charge in [-0.2, -0.15) is 0 Å². The van der Waals surface area contributed by atoms with Crippen molar-refractivity contribution in [3.63, 3.8) is 0 Å². The zero-order valence-electron chi connectivity index (χ0n) is 12.3. The van der Waals surface area contributed by atoms with Crippen molar-refractivity contribution in [3.05, 3.63) is 80.9 Å². The summed E-state index contributed by atoms with van der Waals surface area (Å²) >= 11 is 6.15. The number of nitro benzene ring substituents is 1. The second-order valence-electron chi connectivity index (χ2n) is 6.02. The summed E-state index contributed by atoms with van der Waals surface area (Å²) in [4.78, 5) is 11.1. The van der Waals surface area contributed by atoms with E-state index in [2.05, 4.69) is 17.5 Å². The molecule has 2 aromatic carbocycles. The molecule has 4 rings (SSSR count). The van der Waals surface area contributed by atoms with Crippen LogP contribution < -0.4 is 5.32 Å². The molecule has 2 aliphatic rings. The fourth-order valence-electron chi connectivity index (χ4n) is 3.79. The first-order chi connectivity index (χ1) is 11.1. The Kier molecular flexibility index (Phi) is 3.34. The Balaban J connectivity index is 1.83. The van der Waals surface area contributed by atoms with E-state index in [1.807, 2.05) is 30.3 Å². The van der Waals surface area contributed by atoms with Gasteiger partial charge >= 0.3 is 0 Å². The maximum atomic E-state index is 11.4. The van der Waals surface area contributed by atoms with Gasteiger partial charge in [0.2, 0.25) is 0 Å². The highest BCUT2D eigenvalue weighted by Crippen LogP contribution is 2.51. The van der Waals surface area contributed by atoms with Crippen molar-refractivity contribution in [2.24, 2.45) is 5.92 Å². The molecule has 0 radical (unpaired) electrons. The first kappa shape index (κ1) is 14.3. The number of rotatable bonds is 2. The van der Waals surface area contributed by atoms with Gasteiger partial charge < -0.3 is 5.32 Å². The first-order valence-corrected chi connectivity index (χ1v) is 7.99. The summed E-state index contributed by atoms with van der Waals surface area (Å²) in [6.45, 7) is 0. The number of anilines is 1. The molecule has 5 heteroatoms. The van der Waals surface area contributed by atoms with Crippen LogP contribution in [0.5, 0.6) is 0 Å². The number of halogens is 1. The normalized spacial score (nSPS) is 24.7. The predicted molar refractivity (Wildman–Crippen MR) is 90.9 cm³/mol. The maximum absolute atomic E-state index is 11.4. The molecule has 23 heavy (non-hydrogen) atoms.